The number of carboxylic acid groups (broad SMARTS) is 1. The van der Waals surface area contributed by atoms with Gasteiger partial charge in [0.15, 0.2) is 0 Å². The molecule has 0 radical (unpaired) electrons. The van der Waals surface area contributed by atoms with E-state index in [9.17, 15) is 9.59 Å². The minimum Gasteiger partial charge on any atom is -0.478 e. The molecule has 2 heterocycles. The van der Waals surface area contributed by atoms with Crippen molar-refractivity contribution in [2.24, 2.45) is 0 Å². The predicted octanol–water partition coefficient (Wildman–Crippen LogP) is 1.83. The van der Waals surface area contributed by atoms with Crippen molar-refractivity contribution in [2.75, 3.05) is 5.32 Å². The van der Waals surface area contributed by atoms with Crippen LogP contribution in [0, 0.1) is 0 Å². The second-order valence-corrected chi connectivity index (χ2v) is 3.83. The molecule has 6 nitrogen and oxygen atoms in total. The number of hydrogen-bond donors (Lipinski definition) is 2. The standard InChI is InChI=1S/C14H11N3O3/c18-13(19)4-3-10-8-16-7-5-12(10)14(20)17-11-2-1-6-15-9-11/h1-9H,(H,17,20)(H,18,19). The lowest BCUT2D eigenvalue weighted by atomic mass is 10.1. The van der Waals surface area contributed by atoms with Crippen LogP contribution in [0.15, 0.2) is 49.1 Å². The lowest BCUT2D eigenvalue weighted by Crippen LogP contribution is -2.13. The second-order valence-electron chi connectivity index (χ2n) is 3.83. The van der Waals surface area contributed by atoms with E-state index < -0.39 is 5.97 Å². The van der Waals surface area contributed by atoms with E-state index in [0.29, 0.717) is 16.8 Å². The van der Waals surface area contributed by atoms with Crippen molar-refractivity contribution in [2.45, 2.75) is 0 Å². The van der Waals surface area contributed by atoms with Crippen LogP contribution in [0.2, 0.25) is 0 Å². The van der Waals surface area contributed by atoms with Crippen molar-refractivity contribution in [1.29, 1.82) is 0 Å². The average Bonchev–Trinajstić information content (AvgIpc) is 2.46. The van der Waals surface area contributed by atoms with Crippen molar-refractivity contribution >= 4 is 23.6 Å². The van der Waals surface area contributed by atoms with Crippen LogP contribution in [0.3, 0.4) is 0 Å². The van der Waals surface area contributed by atoms with E-state index in [0.717, 1.165) is 6.08 Å². The highest BCUT2D eigenvalue weighted by Crippen LogP contribution is 2.12. The zero-order chi connectivity index (χ0) is 14.4. The lowest BCUT2D eigenvalue weighted by molar-refractivity contribution is -0.131. The van der Waals surface area contributed by atoms with Gasteiger partial charge in [0.1, 0.15) is 0 Å². The Hall–Kier alpha value is -3.02. The van der Waals surface area contributed by atoms with Gasteiger partial charge in [-0.05, 0) is 24.3 Å². The number of carboxylic acids is 1. The van der Waals surface area contributed by atoms with Gasteiger partial charge in [-0.25, -0.2) is 4.79 Å². The number of aromatic nitrogens is 2. The van der Waals surface area contributed by atoms with Gasteiger partial charge in [-0.2, -0.15) is 0 Å². The number of carbonyl (C=O) groups is 2. The average molecular weight is 269 g/mol. The number of anilines is 1. The highest BCUT2D eigenvalue weighted by molar-refractivity contribution is 6.06. The highest BCUT2D eigenvalue weighted by atomic mass is 16.4. The number of carbonyl (C=O) groups excluding carboxylic acids is 1. The number of nitrogens with zero attached hydrogens (tertiary/aromatic N) is 2. The molecule has 20 heavy (non-hydrogen) atoms. The van der Waals surface area contributed by atoms with E-state index in [1.807, 2.05) is 0 Å². The molecule has 0 unspecified atom stereocenters. The smallest absolute Gasteiger partial charge is 0.328 e. The van der Waals surface area contributed by atoms with Gasteiger partial charge in [-0.3, -0.25) is 14.8 Å². The maximum absolute atomic E-state index is 12.1. The summed E-state index contributed by atoms with van der Waals surface area (Å²) in [5.41, 5.74) is 1.32. The van der Waals surface area contributed by atoms with Crippen LogP contribution in [0.4, 0.5) is 5.69 Å². The topological polar surface area (TPSA) is 92.2 Å². The fourth-order valence-corrected chi connectivity index (χ4v) is 1.54. The summed E-state index contributed by atoms with van der Waals surface area (Å²) >= 11 is 0. The maximum atomic E-state index is 12.1. The second kappa shape index (κ2) is 6.24. The summed E-state index contributed by atoms with van der Waals surface area (Å²) in [7, 11) is 0. The molecule has 1 amide bonds. The van der Waals surface area contributed by atoms with Crippen LogP contribution in [0.5, 0.6) is 0 Å². The van der Waals surface area contributed by atoms with Crippen molar-refractivity contribution in [3.8, 4) is 0 Å². The molecule has 2 aromatic heterocycles. The molecule has 2 N–H and O–H groups in total. The van der Waals surface area contributed by atoms with E-state index in [2.05, 4.69) is 15.3 Å². The molecule has 2 aromatic rings. The molecule has 0 aliphatic rings. The van der Waals surface area contributed by atoms with Crippen molar-refractivity contribution in [3.63, 3.8) is 0 Å². The normalized spacial score (nSPS) is 10.4. The predicted molar refractivity (Wildman–Crippen MR) is 73.1 cm³/mol. The molecule has 0 atom stereocenters. The zero-order valence-corrected chi connectivity index (χ0v) is 10.4. The summed E-state index contributed by atoms with van der Waals surface area (Å²) < 4.78 is 0. The van der Waals surface area contributed by atoms with Crippen molar-refractivity contribution < 1.29 is 14.7 Å². The Bertz CT molecular complexity index is 654. The van der Waals surface area contributed by atoms with Gasteiger partial charge < -0.3 is 10.4 Å². The quantitative estimate of drug-likeness (QED) is 0.826. The molecule has 0 aromatic carbocycles. The summed E-state index contributed by atoms with van der Waals surface area (Å²) in [5, 5.41) is 11.3. The van der Waals surface area contributed by atoms with Gasteiger partial charge in [-0.1, -0.05) is 0 Å². The Morgan fingerprint density at radius 2 is 1.95 bits per heavy atom. The summed E-state index contributed by atoms with van der Waals surface area (Å²) in [6, 6.07) is 4.93. The first-order valence-electron chi connectivity index (χ1n) is 5.73. The molecular formula is C14H11N3O3. The lowest BCUT2D eigenvalue weighted by Gasteiger charge is -2.06. The first-order valence-corrected chi connectivity index (χ1v) is 5.73. The van der Waals surface area contributed by atoms with E-state index in [-0.39, 0.29) is 5.91 Å². The van der Waals surface area contributed by atoms with Gasteiger partial charge in [0.05, 0.1) is 11.9 Å². The third-order valence-corrected chi connectivity index (χ3v) is 2.42. The van der Waals surface area contributed by atoms with Crippen LogP contribution in [0.1, 0.15) is 15.9 Å². The zero-order valence-electron chi connectivity index (χ0n) is 10.4. The van der Waals surface area contributed by atoms with Crippen LogP contribution in [0.25, 0.3) is 6.08 Å². The Kier molecular flexibility index (Phi) is 4.18. The third kappa shape index (κ3) is 3.49. The summed E-state index contributed by atoms with van der Waals surface area (Å²) in [5.74, 6) is -1.45. The molecule has 0 aliphatic carbocycles. The van der Waals surface area contributed by atoms with Gasteiger partial charge >= 0.3 is 5.97 Å². The fraction of sp³-hybridized carbons (Fsp3) is 0. The Morgan fingerprint density at radius 3 is 2.65 bits per heavy atom. The molecule has 0 saturated carbocycles. The van der Waals surface area contributed by atoms with E-state index >= 15 is 0 Å². The van der Waals surface area contributed by atoms with Crippen LogP contribution in [-0.4, -0.2) is 27.0 Å². The molecule has 0 saturated heterocycles. The summed E-state index contributed by atoms with van der Waals surface area (Å²) in [4.78, 5) is 30.4. The maximum Gasteiger partial charge on any atom is 0.328 e. The first kappa shape index (κ1) is 13.4. The largest absolute Gasteiger partial charge is 0.478 e. The summed E-state index contributed by atoms with van der Waals surface area (Å²) in [6.45, 7) is 0. The van der Waals surface area contributed by atoms with Crippen LogP contribution < -0.4 is 5.32 Å². The highest BCUT2D eigenvalue weighted by Gasteiger charge is 2.10. The van der Waals surface area contributed by atoms with Gasteiger partial charge in [0.2, 0.25) is 0 Å². The van der Waals surface area contributed by atoms with Gasteiger partial charge in [0, 0.05) is 35.8 Å². The molecule has 0 fully saturated rings. The monoisotopic (exact) mass is 269 g/mol. The molecule has 0 spiro atoms. The Balaban J connectivity index is 2.24. The first-order chi connectivity index (χ1) is 9.66. The molecule has 2 rings (SSSR count). The van der Waals surface area contributed by atoms with Crippen molar-refractivity contribution in [1.82, 2.24) is 9.97 Å². The number of hydrogen-bond acceptors (Lipinski definition) is 4. The number of amides is 1. The number of rotatable bonds is 4. The molecule has 0 bridgehead atoms. The van der Waals surface area contributed by atoms with Crippen LogP contribution >= 0.6 is 0 Å². The molecular weight excluding hydrogens is 258 g/mol. The number of aliphatic carboxylic acids is 1. The summed E-state index contributed by atoms with van der Waals surface area (Å²) in [6.07, 6.45) is 8.30. The Morgan fingerprint density at radius 1 is 1.15 bits per heavy atom. The van der Waals surface area contributed by atoms with Gasteiger partial charge in [-0.15, -0.1) is 0 Å². The molecule has 6 heteroatoms. The third-order valence-electron chi connectivity index (χ3n) is 2.42. The SMILES string of the molecule is O=C(O)C=Cc1cnccc1C(=O)Nc1cccnc1. The van der Waals surface area contributed by atoms with E-state index in [1.165, 1.54) is 30.7 Å². The van der Waals surface area contributed by atoms with Gasteiger partial charge in [0.25, 0.3) is 5.91 Å². The van der Waals surface area contributed by atoms with E-state index in [1.54, 1.807) is 18.3 Å². The molecule has 100 valence electrons. The number of pyridine rings is 2. The minimum absolute atomic E-state index is 0.335. The Labute approximate surface area is 114 Å². The minimum atomic E-state index is -1.09. The number of nitrogens with one attached hydrogen (secondary N) is 1. The van der Waals surface area contributed by atoms with E-state index in [4.69, 9.17) is 5.11 Å². The van der Waals surface area contributed by atoms with Crippen LogP contribution in [-0.2, 0) is 4.79 Å². The fourth-order valence-electron chi connectivity index (χ4n) is 1.54. The van der Waals surface area contributed by atoms with Crippen molar-refractivity contribution in [3.05, 3.63) is 60.2 Å². The molecule has 0 aliphatic heterocycles.